The SMILES string of the molecule is CC(=O)Oc1ccc(CSc2nccc(=O)[nH]2)cc1. The number of nitrogens with one attached hydrogen (secondary N) is 1. The highest BCUT2D eigenvalue weighted by molar-refractivity contribution is 7.98. The molecule has 1 heterocycles. The fourth-order valence-electron chi connectivity index (χ4n) is 1.40. The summed E-state index contributed by atoms with van der Waals surface area (Å²) in [5, 5.41) is 0.580. The molecule has 2 rings (SSSR count). The van der Waals surface area contributed by atoms with Gasteiger partial charge in [-0.05, 0) is 17.7 Å². The Kier molecular flexibility index (Phi) is 4.35. The minimum Gasteiger partial charge on any atom is -0.427 e. The normalized spacial score (nSPS) is 10.2. The van der Waals surface area contributed by atoms with Gasteiger partial charge in [0.05, 0.1) is 0 Å². The van der Waals surface area contributed by atoms with Crippen molar-refractivity contribution >= 4 is 17.7 Å². The highest BCUT2D eigenvalue weighted by Gasteiger charge is 2.01. The minimum absolute atomic E-state index is 0.164. The number of hydrogen-bond donors (Lipinski definition) is 1. The first-order valence-corrected chi connectivity index (χ1v) is 6.57. The molecule has 0 saturated carbocycles. The Morgan fingerprint density at radius 2 is 2.05 bits per heavy atom. The summed E-state index contributed by atoms with van der Waals surface area (Å²) in [5.41, 5.74) is 0.884. The van der Waals surface area contributed by atoms with E-state index in [1.165, 1.54) is 30.9 Å². The van der Waals surface area contributed by atoms with Gasteiger partial charge in [0.25, 0.3) is 5.56 Å². The molecule has 0 aliphatic rings. The zero-order chi connectivity index (χ0) is 13.7. The monoisotopic (exact) mass is 276 g/mol. The van der Waals surface area contributed by atoms with Gasteiger partial charge >= 0.3 is 5.97 Å². The third-order valence-electron chi connectivity index (χ3n) is 2.21. The molecule has 0 fully saturated rings. The fraction of sp³-hybridized carbons (Fsp3) is 0.154. The van der Waals surface area contributed by atoms with E-state index in [0.29, 0.717) is 16.7 Å². The number of benzene rings is 1. The molecular weight excluding hydrogens is 264 g/mol. The highest BCUT2D eigenvalue weighted by Crippen LogP contribution is 2.20. The van der Waals surface area contributed by atoms with E-state index in [1.807, 2.05) is 12.1 Å². The lowest BCUT2D eigenvalue weighted by Gasteiger charge is -2.03. The van der Waals surface area contributed by atoms with Crippen LogP contribution in [0.25, 0.3) is 0 Å². The van der Waals surface area contributed by atoms with Gasteiger partial charge < -0.3 is 9.72 Å². The minimum atomic E-state index is -0.340. The van der Waals surface area contributed by atoms with Gasteiger partial charge in [0, 0.05) is 24.9 Å². The lowest BCUT2D eigenvalue weighted by atomic mass is 10.2. The lowest BCUT2D eigenvalue weighted by Crippen LogP contribution is -2.05. The van der Waals surface area contributed by atoms with E-state index in [4.69, 9.17) is 4.74 Å². The van der Waals surface area contributed by atoms with Gasteiger partial charge in [-0.25, -0.2) is 4.98 Å². The number of H-pyrrole nitrogens is 1. The number of carbonyl (C=O) groups is 1. The van der Waals surface area contributed by atoms with Crippen LogP contribution in [-0.4, -0.2) is 15.9 Å². The molecule has 5 nitrogen and oxygen atoms in total. The number of aromatic amines is 1. The quantitative estimate of drug-likeness (QED) is 0.400. The molecule has 0 spiro atoms. The zero-order valence-corrected chi connectivity index (χ0v) is 11.1. The van der Waals surface area contributed by atoms with Crippen LogP contribution in [0.5, 0.6) is 5.75 Å². The molecule has 19 heavy (non-hydrogen) atoms. The summed E-state index contributed by atoms with van der Waals surface area (Å²) in [4.78, 5) is 28.6. The Hall–Kier alpha value is -2.08. The second-order valence-electron chi connectivity index (χ2n) is 3.77. The molecule has 0 bridgehead atoms. The predicted octanol–water partition coefficient (Wildman–Crippen LogP) is 1.99. The first-order chi connectivity index (χ1) is 9.13. The van der Waals surface area contributed by atoms with Crippen LogP contribution in [0.3, 0.4) is 0 Å². The van der Waals surface area contributed by atoms with E-state index < -0.39 is 0 Å². The van der Waals surface area contributed by atoms with Crippen LogP contribution >= 0.6 is 11.8 Å². The van der Waals surface area contributed by atoms with Crippen molar-refractivity contribution in [2.75, 3.05) is 0 Å². The molecule has 0 aliphatic heterocycles. The molecular formula is C13H12N2O3S. The molecule has 0 unspecified atom stereocenters. The van der Waals surface area contributed by atoms with E-state index in [2.05, 4.69) is 9.97 Å². The molecule has 0 amide bonds. The van der Waals surface area contributed by atoms with E-state index >= 15 is 0 Å². The zero-order valence-electron chi connectivity index (χ0n) is 10.3. The van der Waals surface area contributed by atoms with Crippen LogP contribution in [-0.2, 0) is 10.5 Å². The molecule has 0 saturated heterocycles. The summed E-state index contributed by atoms with van der Waals surface area (Å²) in [5.74, 6) is 0.855. The summed E-state index contributed by atoms with van der Waals surface area (Å²) in [7, 11) is 0. The molecule has 1 aromatic carbocycles. The van der Waals surface area contributed by atoms with Crippen molar-refractivity contribution in [2.45, 2.75) is 17.8 Å². The van der Waals surface area contributed by atoms with Crippen molar-refractivity contribution in [3.8, 4) is 5.75 Å². The number of aromatic nitrogens is 2. The van der Waals surface area contributed by atoms with Gasteiger partial charge in [0.15, 0.2) is 5.16 Å². The van der Waals surface area contributed by atoms with Crippen molar-refractivity contribution in [1.29, 1.82) is 0 Å². The third kappa shape index (κ3) is 4.26. The number of thioether (sulfide) groups is 1. The maximum Gasteiger partial charge on any atom is 0.308 e. The van der Waals surface area contributed by atoms with E-state index in [0.717, 1.165) is 5.56 Å². The Morgan fingerprint density at radius 3 is 2.68 bits per heavy atom. The Morgan fingerprint density at radius 1 is 1.32 bits per heavy atom. The second-order valence-corrected chi connectivity index (χ2v) is 4.73. The van der Waals surface area contributed by atoms with Crippen LogP contribution in [0.1, 0.15) is 12.5 Å². The van der Waals surface area contributed by atoms with Gasteiger partial charge in [-0.1, -0.05) is 23.9 Å². The Balaban J connectivity index is 1.96. The van der Waals surface area contributed by atoms with Crippen LogP contribution in [0, 0.1) is 0 Å². The van der Waals surface area contributed by atoms with Gasteiger partial charge in [-0.2, -0.15) is 0 Å². The smallest absolute Gasteiger partial charge is 0.308 e. The molecule has 6 heteroatoms. The summed E-state index contributed by atoms with van der Waals surface area (Å²) >= 11 is 1.43. The van der Waals surface area contributed by atoms with Crippen molar-refractivity contribution in [3.63, 3.8) is 0 Å². The number of ether oxygens (including phenoxy) is 1. The average molecular weight is 276 g/mol. The summed E-state index contributed by atoms with van der Waals surface area (Å²) in [6.45, 7) is 1.36. The first kappa shape index (κ1) is 13.4. The topological polar surface area (TPSA) is 72.0 Å². The Bertz CT molecular complexity index is 622. The van der Waals surface area contributed by atoms with Crippen LogP contribution < -0.4 is 10.3 Å². The van der Waals surface area contributed by atoms with Crippen molar-refractivity contribution in [3.05, 3.63) is 52.4 Å². The van der Waals surface area contributed by atoms with Gasteiger partial charge in [0.2, 0.25) is 0 Å². The predicted molar refractivity (Wildman–Crippen MR) is 72.2 cm³/mol. The maximum atomic E-state index is 11.1. The number of hydrogen-bond acceptors (Lipinski definition) is 5. The van der Waals surface area contributed by atoms with Crippen molar-refractivity contribution in [1.82, 2.24) is 9.97 Å². The lowest BCUT2D eigenvalue weighted by molar-refractivity contribution is -0.131. The van der Waals surface area contributed by atoms with Crippen molar-refractivity contribution in [2.24, 2.45) is 0 Å². The molecule has 1 aromatic heterocycles. The number of carbonyl (C=O) groups excluding carboxylic acids is 1. The van der Waals surface area contributed by atoms with E-state index in [9.17, 15) is 9.59 Å². The van der Waals surface area contributed by atoms with E-state index in [1.54, 1.807) is 12.1 Å². The van der Waals surface area contributed by atoms with Gasteiger partial charge in [-0.15, -0.1) is 0 Å². The molecule has 98 valence electrons. The third-order valence-corrected chi connectivity index (χ3v) is 3.17. The highest BCUT2D eigenvalue weighted by atomic mass is 32.2. The van der Waals surface area contributed by atoms with Gasteiger partial charge in [-0.3, -0.25) is 9.59 Å². The molecule has 0 atom stereocenters. The van der Waals surface area contributed by atoms with Gasteiger partial charge in [0.1, 0.15) is 5.75 Å². The summed E-state index contributed by atoms with van der Waals surface area (Å²) < 4.78 is 4.94. The molecule has 0 radical (unpaired) electrons. The van der Waals surface area contributed by atoms with Crippen LogP contribution in [0.15, 0.2) is 46.5 Å². The number of esters is 1. The first-order valence-electron chi connectivity index (χ1n) is 5.59. The number of rotatable bonds is 4. The molecule has 2 aromatic rings. The average Bonchev–Trinajstić information content (AvgIpc) is 2.37. The molecule has 1 N–H and O–H groups in total. The second kappa shape index (κ2) is 6.19. The number of nitrogens with zero attached hydrogens (tertiary/aromatic N) is 1. The fourth-order valence-corrected chi connectivity index (χ4v) is 2.20. The summed E-state index contributed by atoms with van der Waals surface area (Å²) in [6.07, 6.45) is 1.48. The Labute approximate surface area is 114 Å². The molecule has 0 aliphatic carbocycles. The van der Waals surface area contributed by atoms with Crippen molar-refractivity contribution < 1.29 is 9.53 Å². The largest absolute Gasteiger partial charge is 0.427 e. The summed E-state index contributed by atoms with van der Waals surface area (Å²) in [6, 6.07) is 8.58. The van der Waals surface area contributed by atoms with Crippen LogP contribution in [0.4, 0.5) is 0 Å². The van der Waals surface area contributed by atoms with E-state index in [-0.39, 0.29) is 11.5 Å². The van der Waals surface area contributed by atoms with Crippen LogP contribution in [0.2, 0.25) is 0 Å². The maximum absolute atomic E-state index is 11.1. The standard InChI is InChI=1S/C13H12N2O3S/c1-9(16)18-11-4-2-10(3-5-11)8-19-13-14-7-6-12(17)15-13/h2-7H,8H2,1H3,(H,14,15,17).